The number of imide groups is 1. The van der Waals surface area contributed by atoms with Crippen LogP contribution < -0.4 is 0 Å². The van der Waals surface area contributed by atoms with Crippen LogP contribution in [-0.4, -0.2) is 23.8 Å². The summed E-state index contributed by atoms with van der Waals surface area (Å²) < 4.78 is 0. The van der Waals surface area contributed by atoms with Gasteiger partial charge in [-0.3, -0.25) is 14.5 Å². The van der Waals surface area contributed by atoms with E-state index in [9.17, 15) is 9.59 Å². The van der Waals surface area contributed by atoms with Crippen molar-refractivity contribution in [3.8, 4) is 0 Å². The third kappa shape index (κ3) is 1.81. The van der Waals surface area contributed by atoms with E-state index in [1.165, 1.54) is 7.05 Å². The maximum absolute atomic E-state index is 11.6. The number of carbonyl (C=O) groups excluding carboxylic acids is 2. The summed E-state index contributed by atoms with van der Waals surface area (Å²) in [5.74, 6) is -0.328. The molecule has 2 amide bonds. The zero-order valence-corrected chi connectivity index (χ0v) is 8.43. The van der Waals surface area contributed by atoms with E-state index in [4.69, 9.17) is 0 Å². The molecule has 3 heteroatoms. The summed E-state index contributed by atoms with van der Waals surface area (Å²) in [7, 11) is 1.51. The SMILES string of the molecule is CN1C(=O)CC(=Cc2ccccc2)C1=O. The smallest absolute Gasteiger partial charge is 0.256 e. The Bertz CT molecular complexity index is 434. The van der Waals surface area contributed by atoms with E-state index in [0.29, 0.717) is 5.57 Å². The molecule has 15 heavy (non-hydrogen) atoms. The molecule has 0 aliphatic carbocycles. The Balaban J connectivity index is 2.30. The number of rotatable bonds is 1. The van der Waals surface area contributed by atoms with E-state index in [-0.39, 0.29) is 18.2 Å². The number of nitrogens with zero attached hydrogens (tertiary/aromatic N) is 1. The van der Waals surface area contributed by atoms with Gasteiger partial charge in [-0.1, -0.05) is 30.3 Å². The molecule has 76 valence electrons. The van der Waals surface area contributed by atoms with Crippen LogP contribution in [0.2, 0.25) is 0 Å². The molecule has 1 saturated heterocycles. The molecule has 3 nitrogen and oxygen atoms in total. The minimum absolute atomic E-state index is 0.137. The van der Waals surface area contributed by atoms with E-state index in [2.05, 4.69) is 0 Å². The molecule has 0 saturated carbocycles. The Morgan fingerprint density at radius 2 is 1.87 bits per heavy atom. The number of carbonyl (C=O) groups is 2. The maximum Gasteiger partial charge on any atom is 0.256 e. The number of hydrogen-bond donors (Lipinski definition) is 0. The van der Waals surface area contributed by atoms with Crippen LogP contribution in [0, 0.1) is 0 Å². The third-order valence-corrected chi connectivity index (χ3v) is 2.44. The van der Waals surface area contributed by atoms with Crippen LogP contribution in [0.5, 0.6) is 0 Å². The molecule has 1 heterocycles. The lowest BCUT2D eigenvalue weighted by Gasteiger charge is -2.02. The quantitative estimate of drug-likeness (QED) is 0.509. The summed E-state index contributed by atoms with van der Waals surface area (Å²) in [6, 6.07) is 9.52. The van der Waals surface area contributed by atoms with Gasteiger partial charge in [0.15, 0.2) is 0 Å². The van der Waals surface area contributed by atoms with Gasteiger partial charge in [0.1, 0.15) is 0 Å². The van der Waals surface area contributed by atoms with Gasteiger partial charge < -0.3 is 0 Å². The maximum atomic E-state index is 11.6. The van der Waals surface area contributed by atoms with Crippen molar-refractivity contribution in [1.29, 1.82) is 0 Å². The topological polar surface area (TPSA) is 37.4 Å². The molecule has 1 fully saturated rings. The molecule has 1 aromatic carbocycles. The lowest BCUT2D eigenvalue weighted by atomic mass is 10.1. The second kappa shape index (κ2) is 3.69. The van der Waals surface area contributed by atoms with Crippen LogP contribution in [0.1, 0.15) is 12.0 Å². The largest absolute Gasteiger partial charge is 0.282 e. The molecule has 1 aliphatic rings. The monoisotopic (exact) mass is 201 g/mol. The number of hydrogen-bond acceptors (Lipinski definition) is 2. The minimum atomic E-state index is -0.191. The van der Waals surface area contributed by atoms with Gasteiger partial charge in [-0.2, -0.15) is 0 Å². The van der Waals surface area contributed by atoms with E-state index in [1.54, 1.807) is 6.08 Å². The van der Waals surface area contributed by atoms with Gasteiger partial charge in [-0.05, 0) is 11.6 Å². The van der Waals surface area contributed by atoms with Crippen molar-refractivity contribution in [1.82, 2.24) is 4.90 Å². The van der Waals surface area contributed by atoms with Crippen LogP contribution in [0.4, 0.5) is 0 Å². The first kappa shape index (κ1) is 9.65. The van der Waals surface area contributed by atoms with Crippen molar-refractivity contribution in [3.05, 3.63) is 41.5 Å². The van der Waals surface area contributed by atoms with Crippen LogP contribution in [0.25, 0.3) is 6.08 Å². The van der Waals surface area contributed by atoms with Gasteiger partial charge in [-0.25, -0.2) is 0 Å². The Morgan fingerprint density at radius 1 is 1.20 bits per heavy atom. The van der Waals surface area contributed by atoms with E-state index in [1.807, 2.05) is 30.3 Å². The summed E-state index contributed by atoms with van der Waals surface area (Å²) in [6.45, 7) is 0. The first-order valence-electron chi connectivity index (χ1n) is 4.75. The Morgan fingerprint density at radius 3 is 2.40 bits per heavy atom. The highest BCUT2D eigenvalue weighted by atomic mass is 16.2. The fraction of sp³-hybridized carbons (Fsp3) is 0.167. The molecular formula is C12H11NO2. The lowest BCUT2D eigenvalue weighted by molar-refractivity contribution is -0.135. The predicted molar refractivity (Wildman–Crippen MR) is 56.8 cm³/mol. The average molecular weight is 201 g/mol. The molecular weight excluding hydrogens is 190 g/mol. The highest BCUT2D eigenvalue weighted by molar-refractivity contribution is 6.15. The van der Waals surface area contributed by atoms with Gasteiger partial charge in [0, 0.05) is 12.6 Å². The lowest BCUT2D eigenvalue weighted by Crippen LogP contribution is -2.23. The fourth-order valence-electron chi connectivity index (χ4n) is 1.55. The molecule has 0 bridgehead atoms. The van der Waals surface area contributed by atoms with Gasteiger partial charge in [0.2, 0.25) is 5.91 Å². The second-order valence-corrected chi connectivity index (χ2v) is 3.51. The normalized spacial score (nSPS) is 19.0. The molecule has 0 spiro atoms. The highest BCUT2D eigenvalue weighted by Gasteiger charge is 2.30. The predicted octanol–water partition coefficient (Wildman–Crippen LogP) is 1.46. The zero-order valence-electron chi connectivity index (χ0n) is 8.43. The van der Waals surface area contributed by atoms with Crippen molar-refractivity contribution >= 4 is 17.9 Å². The minimum Gasteiger partial charge on any atom is -0.282 e. The summed E-state index contributed by atoms with van der Waals surface area (Å²) in [5.41, 5.74) is 1.51. The molecule has 2 rings (SSSR count). The second-order valence-electron chi connectivity index (χ2n) is 3.51. The van der Waals surface area contributed by atoms with Gasteiger partial charge in [-0.15, -0.1) is 0 Å². The molecule has 1 aromatic rings. The van der Waals surface area contributed by atoms with Crippen molar-refractivity contribution in [2.75, 3.05) is 7.05 Å². The fourth-order valence-corrected chi connectivity index (χ4v) is 1.55. The summed E-state index contributed by atoms with van der Waals surface area (Å²) >= 11 is 0. The summed E-state index contributed by atoms with van der Waals surface area (Å²) in [5, 5.41) is 0. The molecule has 0 aromatic heterocycles. The molecule has 0 radical (unpaired) electrons. The first-order chi connectivity index (χ1) is 7.18. The zero-order chi connectivity index (χ0) is 10.8. The summed E-state index contributed by atoms with van der Waals surface area (Å²) in [4.78, 5) is 24.0. The van der Waals surface area contributed by atoms with Crippen molar-refractivity contribution in [2.24, 2.45) is 0 Å². The standard InChI is InChI=1S/C12H11NO2/c1-13-11(14)8-10(12(13)15)7-9-5-3-2-4-6-9/h2-7H,8H2,1H3. The van der Waals surface area contributed by atoms with Crippen LogP contribution in [0.3, 0.4) is 0 Å². The number of likely N-dealkylation sites (N-methyl/N-ethyl adjacent to an activating group) is 1. The van der Waals surface area contributed by atoms with E-state index in [0.717, 1.165) is 10.5 Å². The molecule has 0 N–H and O–H groups in total. The van der Waals surface area contributed by atoms with Gasteiger partial charge in [0.25, 0.3) is 5.91 Å². The number of amides is 2. The van der Waals surface area contributed by atoms with Crippen molar-refractivity contribution in [3.63, 3.8) is 0 Å². The Hall–Kier alpha value is -1.90. The van der Waals surface area contributed by atoms with Gasteiger partial charge in [0.05, 0.1) is 6.42 Å². The highest BCUT2D eigenvalue weighted by Crippen LogP contribution is 2.19. The van der Waals surface area contributed by atoms with Crippen LogP contribution >= 0.6 is 0 Å². The van der Waals surface area contributed by atoms with Gasteiger partial charge >= 0.3 is 0 Å². The van der Waals surface area contributed by atoms with E-state index < -0.39 is 0 Å². The Kier molecular flexibility index (Phi) is 2.37. The number of likely N-dealkylation sites (tertiary alicyclic amines) is 1. The Labute approximate surface area is 88.0 Å². The van der Waals surface area contributed by atoms with Crippen LogP contribution in [0.15, 0.2) is 35.9 Å². The average Bonchev–Trinajstić information content (AvgIpc) is 2.48. The molecule has 1 aliphatic heterocycles. The van der Waals surface area contributed by atoms with E-state index >= 15 is 0 Å². The summed E-state index contributed by atoms with van der Waals surface area (Å²) in [6.07, 6.45) is 1.98. The number of benzene rings is 1. The van der Waals surface area contributed by atoms with Crippen LogP contribution in [-0.2, 0) is 9.59 Å². The first-order valence-corrected chi connectivity index (χ1v) is 4.75. The van der Waals surface area contributed by atoms with Crippen molar-refractivity contribution < 1.29 is 9.59 Å². The third-order valence-electron chi connectivity index (χ3n) is 2.44. The van der Waals surface area contributed by atoms with Crippen molar-refractivity contribution in [2.45, 2.75) is 6.42 Å². The molecule has 0 unspecified atom stereocenters. The molecule has 0 atom stereocenters.